The van der Waals surface area contributed by atoms with Gasteiger partial charge in [-0.2, -0.15) is 0 Å². The Labute approximate surface area is 134 Å². The minimum Gasteiger partial charge on any atom is -0.395 e. The number of anilines is 1. The van der Waals surface area contributed by atoms with Crippen molar-refractivity contribution in [1.29, 1.82) is 0 Å². The lowest BCUT2D eigenvalue weighted by Gasteiger charge is -2.34. The number of fused-ring (bicyclic) bond motifs is 2. The number of hydrogen-bond acceptors (Lipinski definition) is 5. The molecular formula is C16H21N3O4. The van der Waals surface area contributed by atoms with E-state index in [1.54, 1.807) is 0 Å². The summed E-state index contributed by atoms with van der Waals surface area (Å²) in [6, 6.07) is 5.32. The summed E-state index contributed by atoms with van der Waals surface area (Å²) in [6.45, 7) is 0.731. The van der Waals surface area contributed by atoms with E-state index in [1.165, 1.54) is 0 Å². The van der Waals surface area contributed by atoms with Crippen LogP contribution in [0.4, 0.5) is 10.5 Å². The number of urea groups is 1. The average molecular weight is 319 g/mol. The first-order chi connectivity index (χ1) is 11.1. The first-order valence-electron chi connectivity index (χ1n) is 7.84. The molecule has 23 heavy (non-hydrogen) atoms. The Kier molecular flexibility index (Phi) is 4.23. The predicted octanol–water partition coefficient (Wildman–Crippen LogP) is -0.151. The van der Waals surface area contributed by atoms with Gasteiger partial charge in [0.25, 0.3) is 5.91 Å². The Morgan fingerprint density at radius 1 is 1.17 bits per heavy atom. The number of imide groups is 1. The van der Waals surface area contributed by atoms with Gasteiger partial charge in [0.05, 0.1) is 13.2 Å². The molecule has 1 spiro atoms. The monoisotopic (exact) mass is 319 g/mol. The molecule has 1 saturated heterocycles. The molecule has 0 saturated carbocycles. The van der Waals surface area contributed by atoms with E-state index in [9.17, 15) is 19.8 Å². The molecule has 3 rings (SSSR count). The molecule has 0 radical (unpaired) electrons. The Morgan fingerprint density at radius 3 is 2.52 bits per heavy atom. The van der Waals surface area contributed by atoms with Crippen LogP contribution in [0.2, 0.25) is 0 Å². The van der Waals surface area contributed by atoms with Crippen molar-refractivity contribution in [2.45, 2.75) is 24.8 Å². The number of rotatable bonds is 5. The highest BCUT2D eigenvalue weighted by Crippen LogP contribution is 2.39. The maximum atomic E-state index is 12.4. The van der Waals surface area contributed by atoms with Gasteiger partial charge in [0.15, 0.2) is 0 Å². The Bertz CT molecular complexity index is 628. The number of aliphatic hydroxyl groups excluding tert-OH is 2. The number of aliphatic hydroxyl groups is 2. The van der Waals surface area contributed by atoms with Crippen molar-refractivity contribution in [3.05, 3.63) is 29.3 Å². The van der Waals surface area contributed by atoms with Crippen LogP contribution in [0.25, 0.3) is 0 Å². The highest BCUT2D eigenvalue weighted by Gasteiger charge is 2.49. The molecule has 7 heteroatoms. The summed E-state index contributed by atoms with van der Waals surface area (Å²) in [6.07, 6.45) is 2.26. The zero-order valence-corrected chi connectivity index (χ0v) is 12.8. The summed E-state index contributed by atoms with van der Waals surface area (Å²) < 4.78 is 0. The molecular weight excluding hydrogens is 298 g/mol. The molecule has 4 N–H and O–H groups in total. The van der Waals surface area contributed by atoms with Crippen LogP contribution in [0, 0.1) is 0 Å². The van der Waals surface area contributed by atoms with Gasteiger partial charge in [-0.3, -0.25) is 10.1 Å². The van der Waals surface area contributed by atoms with E-state index < -0.39 is 11.6 Å². The largest absolute Gasteiger partial charge is 0.395 e. The third-order valence-electron chi connectivity index (χ3n) is 4.60. The molecule has 1 heterocycles. The van der Waals surface area contributed by atoms with Crippen molar-refractivity contribution in [3.8, 4) is 0 Å². The van der Waals surface area contributed by atoms with E-state index in [4.69, 9.17) is 0 Å². The van der Waals surface area contributed by atoms with E-state index in [-0.39, 0.29) is 19.1 Å². The van der Waals surface area contributed by atoms with Crippen LogP contribution in [-0.2, 0) is 16.8 Å². The fraction of sp³-hybridized carbons (Fsp3) is 0.500. The van der Waals surface area contributed by atoms with E-state index in [1.807, 2.05) is 23.1 Å². The van der Waals surface area contributed by atoms with E-state index in [2.05, 4.69) is 10.6 Å². The molecule has 1 aliphatic heterocycles. The van der Waals surface area contributed by atoms with Gasteiger partial charge in [0.2, 0.25) is 0 Å². The SMILES string of the molecule is O=C1NC(=O)[C@@]2(CCCc3ccc(N(CCO)CCO)cc32)N1. The minimum absolute atomic E-state index is 0.0283. The van der Waals surface area contributed by atoms with Crippen LogP contribution < -0.4 is 15.5 Å². The zero-order chi connectivity index (χ0) is 16.4. The number of amides is 3. The Morgan fingerprint density at radius 2 is 1.91 bits per heavy atom. The van der Waals surface area contributed by atoms with E-state index in [0.717, 1.165) is 29.7 Å². The fourth-order valence-electron chi connectivity index (χ4n) is 3.52. The standard InChI is InChI=1S/C16H21N3O4/c20-8-6-19(7-9-21)12-4-3-11-2-1-5-16(13(11)10-12)14(22)17-15(23)18-16/h3-4,10,20-21H,1-2,5-9H2,(H2,17,18,22,23)/t16-/m0/s1. The topological polar surface area (TPSA) is 102 Å². The second-order valence-corrected chi connectivity index (χ2v) is 5.94. The molecule has 7 nitrogen and oxygen atoms in total. The molecule has 0 aromatic heterocycles. The highest BCUT2D eigenvalue weighted by molar-refractivity contribution is 6.07. The van der Waals surface area contributed by atoms with Crippen LogP contribution in [0.1, 0.15) is 24.0 Å². The number of hydrogen-bond donors (Lipinski definition) is 4. The third-order valence-corrected chi connectivity index (χ3v) is 4.60. The lowest BCUT2D eigenvalue weighted by atomic mass is 9.76. The number of nitrogens with one attached hydrogen (secondary N) is 2. The number of aryl methyl sites for hydroxylation is 1. The summed E-state index contributed by atoms with van der Waals surface area (Å²) in [5.74, 6) is -0.309. The summed E-state index contributed by atoms with van der Waals surface area (Å²) in [7, 11) is 0. The summed E-state index contributed by atoms with van der Waals surface area (Å²) >= 11 is 0. The van der Waals surface area contributed by atoms with Crippen LogP contribution in [0.3, 0.4) is 0 Å². The summed E-state index contributed by atoms with van der Waals surface area (Å²) in [5.41, 5.74) is 1.68. The van der Waals surface area contributed by atoms with Crippen molar-refractivity contribution in [3.63, 3.8) is 0 Å². The molecule has 1 fully saturated rings. The van der Waals surface area contributed by atoms with Crippen molar-refractivity contribution >= 4 is 17.6 Å². The van der Waals surface area contributed by atoms with Crippen LogP contribution in [0.15, 0.2) is 18.2 Å². The van der Waals surface area contributed by atoms with Gasteiger partial charge in [0.1, 0.15) is 5.54 Å². The van der Waals surface area contributed by atoms with Crippen molar-refractivity contribution in [2.24, 2.45) is 0 Å². The third kappa shape index (κ3) is 2.66. The fourth-order valence-corrected chi connectivity index (χ4v) is 3.52. The van der Waals surface area contributed by atoms with Gasteiger partial charge in [-0.1, -0.05) is 6.07 Å². The van der Waals surface area contributed by atoms with Crippen molar-refractivity contribution < 1.29 is 19.8 Å². The smallest absolute Gasteiger partial charge is 0.322 e. The van der Waals surface area contributed by atoms with Gasteiger partial charge in [-0.25, -0.2) is 4.79 Å². The first-order valence-corrected chi connectivity index (χ1v) is 7.84. The lowest BCUT2D eigenvalue weighted by Crippen LogP contribution is -2.46. The normalized spacial score (nSPS) is 22.7. The number of benzene rings is 1. The Balaban J connectivity index is 2.03. The molecule has 2 aliphatic rings. The molecule has 1 aromatic rings. The first kappa shape index (κ1) is 15.8. The molecule has 1 atom stereocenters. The molecule has 0 bridgehead atoms. The Hall–Kier alpha value is -2.12. The van der Waals surface area contributed by atoms with Gasteiger partial charge >= 0.3 is 6.03 Å². The molecule has 0 unspecified atom stereocenters. The van der Waals surface area contributed by atoms with E-state index in [0.29, 0.717) is 19.5 Å². The maximum Gasteiger partial charge on any atom is 0.322 e. The van der Waals surface area contributed by atoms with E-state index >= 15 is 0 Å². The summed E-state index contributed by atoms with van der Waals surface area (Å²) in [4.78, 5) is 25.9. The second-order valence-electron chi connectivity index (χ2n) is 5.94. The van der Waals surface area contributed by atoms with Crippen molar-refractivity contribution in [1.82, 2.24) is 10.6 Å². The quantitative estimate of drug-likeness (QED) is 0.565. The molecule has 1 aliphatic carbocycles. The second kappa shape index (κ2) is 6.17. The minimum atomic E-state index is -0.995. The number of carbonyl (C=O) groups is 2. The van der Waals surface area contributed by atoms with Crippen LogP contribution in [0.5, 0.6) is 0 Å². The maximum absolute atomic E-state index is 12.4. The molecule has 3 amide bonds. The van der Waals surface area contributed by atoms with Gasteiger partial charge in [-0.05, 0) is 42.5 Å². The molecule has 124 valence electrons. The van der Waals surface area contributed by atoms with Gasteiger partial charge in [-0.15, -0.1) is 0 Å². The average Bonchev–Trinajstić information content (AvgIpc) is 2.82. The van der Waals surface area contributed by atoms with Gasteiger partial charge in [0, 0.05) is 18.8 Å². The highest BCUT2D eigenvalue weighted by atomic mass is 16.3. The number of nitrogens with zero attached hydrogens (tertiary/aromatic N) is 1. The van der Waals surface area contributed by atoms with Crippen molar-refractivity contribution in [2.75, 3.05) is 31.2 Å². The zero-order valence-electron chi connectivity index (χ0n) is 12.8. The van der Waals surface area contributed by atoms with Crippen LogP contribution >= 0.6 is 0 Å². The summed E-state index contributed by atoms with van der Waals surface area (Å²) in [5, 5.41) is 23.5. The predicted molar refractivity (Wildman–Crippen MR) is 84.1 cm³/mol. The number of carbonyl (C=O) groups excluding carboxylic acids is 2. The van der Waals surface area contributed by atoms with Gasteiger partial charge < -0.3 is 20.4 Å². The lowest BCUT2D eigenvalue weighted by molar-refractivity contribution is -0.124. The van der Waals surface area contributed by atoms with Crippen LogP contribution in [-0.4, -0.2) is 48.5 Å². The molecule has 1 aromatic carbocycles.